The van der Waals surface area contributed by atoms with E-state index in [-0.39, 0.29) is 11.9 Å². The third kappa shape index (κ3) is 3.61. The second-order valence-corrected chi connectivity index (χ2v) is 8.55. The number of rotatable bonds is 4. The predicted molar refractivity (Wildman–Crippen MR) is 127 cm³/mol. The highest BCUT2D eigenvalue weighted by Gasteiger charge is 2.29. The normalized spacial score (nSPS) is 17.6. The van der Waals surface area contributed by atoms with Gasteiger partial charge in [-0.2, -0.15) is 10.1 Å². The van der Waals surface area contributed by atoms with Crippen molar-refractivity contribution in [3.63, 3.8) is 0 Å². The largest absolute Gasteiger partial charge is 0.424 e. The summed E-state index contributed by atoms with van der Waals surface area (Å²) in [6.45, 7) is 4.73. The first-order valence-electron chi connectivity index (χ1n) is 11.2. The number of fused-ring (bicyclic) bond motifs is 2. The third-order valence-electron chi connectivity index (χ3n) is 6.13. The Morgan fingerprint density at radius 2 is 2.15 bits per heavy atom. The fraction of sp³-hybridized carbons (Fsp3) is 0.292. The molecule has 4 aromatic rings. The SMILES string of the molecule is C=CC(=O)N1CC[C@H](n2nc(C#Cc3ccc4oc(NC5CC5)nc4c3)c3c(N)ncnc32)C1. The Hall–Kier alpha value is -4.39. The molecule has 2 fully saturated rings. The summed E-state index contributed by atoms with van der Waals surface area (Å²) in [4.78, 5) is 26.8. The van der Waals surface area contributed by atoms with Crippen LogP contribution in [0.15, 0.2) is 41.6 Å². The van der Waals surface area contributed by atoms with Gasteiger partial charge in [-0.15, -0.1) is 0 Å². The number of anilines is 2. The number of nitrogens with two attached hydrogens (primary N) is 1. The van der Waals surface area contributed by atoms with E-state index < -0.39 is 0 Å². The van der Waals surface area contributed by atoms with E-state index in [0.29, 0.717) is 53.3 Å². The van der Waals surface area contributed by atoms with Gasteiger partial charge in [0.05, 0.1) is 11.4 Å². The van der Waals surface area contributed by atoms with Gasteiger partial charge in [-0.3, -0.25) is 4.79 Å². The zero-order valence-corrected chi connectivity index (χ0v) is 18.4. The molecule has 1 saturated heterocycles. The van der Waals surface area contributed by atoms with Crippen molar-refractivity contribution in [1.29, 1.82) is 0 Å². The van der Waals surface area contributed by atoms with Crippen LogP contribution in [0.4, 0.5) is 11.8 Å². The van der Waals surface area contributed by atoms with Gasteiger partial charge in [-0.25, -0.2) is 14.6 Å². The van der Waals surface area contributed by atoms with Gasteiger partial charge < -0.3 is 20.4 Å². The third-order valence-corrected chi connectivity index (χ3v) is 6.13. The number of benzene rings is 1. The van der Waals surface area contributed by atoms with Gasteiger partial charge in [0.1, 0.15) is 23.4 Å². The molecule has 3 aromatic heterocycles. The van der Waals surface area contributed by atoms with Crippen molar-refractivity contribution in [1.82, 2.24) is 29.6 Å². The smallest absolute Gasteiger partial charge is 0.295 e. The molecule has 1 aliphatic heterocycles. The molecule has 0 bridgehead atoms. The Kier molecular flexibility index (Phi) is 4.69. The topological polar surface area (TPSA) is 128 Å². The van der Waals surface area contributed by atoms with Crippen LogP contribution < -0.4 is 11.1 Å². The number of carbonyl (C=O) groups excluding carboxylic acids is 1. The van der Waals surface area contributed by atoms with Crippen LogP contribution in [0.3, 0.4) is 0 Å². The molecule has 1 amide bonds. The summed E-state index contributed by atoms with van der Waals surface area (Å²) in [6.07, 6.45) is 5.80. The average molecular weight is 454 g/mol. The maximum Gasteiger partial charge on any atom is 0.295 e. The van der Waals surface area contributed by atoms with Crippen LogP contribution in [-0.4, -0.2) is 54.7 Å². The van der Waals surface area contributed by atoms with Crippen LogP contribution in [0.5, 0.6) is 0 Å². The van der Waals surface area contributed by atoms with Crippen molar-refractivity contribution in [2.45, 2.75) is 31.3 Å². The van der Waals surface area contributed by atoms with Gasteiger partial charge in [-0.1, -0.05) is 12.5 Å². The number of hydrogen-bond donors (Lipinski definition) is 2. The molecular weight excluding hydrogens is 432 g/mol. The number of hydrogen-bond acceptors (Lipinski definition) is 8. The van der Waals surface area contributed by atoms with Crippen molar-refractivity contribution in [3.8, 4) is 11.8 Å². The Bertz CT molecular complexity index is 1500. The number of carbonyl (C=O) groups is 1. The van der Waals surface area contributed by atoms with E-state index in [2.05, 4.69) is 38.7 Å². The number of nitrogens with zero attached hydrogens (tertiary/aromatic N) is 6. The van der Waals surface area contributed by atoms with Gasteiger partial charge in [0, 0.05) is 24.7 Å². The lowest BCUT2D eigenvalue weighted by Gasteiger charge is -2.14. The number of nitrogens with one attached hydrogen (secondary N) is 1. The Morgan fingerprint density at radius 3 is 2.97 bits per heavy atom. The first-order chi connectivity index (χ1) is 16.6. The molecule has 1 aromatic carbocycles. The molecule has 10 nitrogen and oxygen atoms in total. The Morgan fingerprint density at radius 1 is 1.26 bits per heavy atom. The highest BCUT2D eigenvalue weighted by Crippen LogP contribution is 2.29. The molecule has 3 N–H and O–H groups in total. The van der Waals surface area contributed by atoms with E-state index in [4.69, 9.17) is 15.2 Å². The van der Waals surface area contributed by atoms with E-state index in [1.807, 2.05) is 22.9 Å². The molecule has 2 aliphatic rings. The van der Waals surface area contributed by atoms with Crippen LogP contribution in [0.2, 0.25) is 0 Å². The quantitative estimate of drug-likeness (QED) is 0.356. The molecule has 4 heterocycles. The monoisotopic (exact) mass is 454 g/mol. The van der Waals surface area contributed by atoms with E-state index in [9.17, 15) is 4.79 Å². The molecule has 1 aliphatic carbocycles. The molecule has 34 heavy (non-hydrogen) atoms. The highest BCUT2D eigenvalue weighted by molar-refractivity contribution is 5.91. The number of oxazole rings is 1. The van der Waals surface area contributed by atoms with E-state index in [1.54, 1.807) is 4.90 Å². The van der Waals surface area contributed by atoms with Gasteiger partial charge in [0.2, 0.25) is 5.91 Å². The van der Waals surface area contributed by atoms with Gasteiger partial charge in [0.25, 0.3) is 6.01 Å². The number of likely N-dealkylation sites (tertiary alicyclic amines) is 1. The van der Waals surface area contributed by atoms with Crippen molar-refractivity contribution in [2.75, 3.05) is 24.1 Å². The van der Waals surface area contributed by atoms with E-state index in [1.165, 1.54) is 12.4 Å². The summed E-state index contributed by atoms with van der Waals surface area (Å²) >= 11 is 0. The fourth-order valence-electron chi connectivity index (χ4n) is 4.21. The van der Waals surface area contributed by atoms with E-state index >= 15 is 0 Å². The summed E-state index contributed by atoms with van der Waals surface area (Å²) in [5.74, 6) is 6.52. The lowest BCUT2D eigenvalue weighted by molar-refractivity contribution is -0.125. The van der Waals surface area contributed by atoms with Crippen LogP contribution in [-0.2, 0) is 4.79 Å². The molecule has 170 valence electrons. The molecule has 1 saturated carbocycles. The second kappa shape index (κ2) is 7.88. The van der Waals surface area contributed by atoms with Crippen LogP contribution in [0.25, 0.3) is 22.1 Å². The molecule has 6 rings (SSSR count). The fourth-order valence-corrected chi connectivity index (χ4v) is 4.21. The summed E-state index contributed by atoms with van der Waals surface area (Å²) < 4.78 is 7.56. The average Bonchev–Trinajstić information content (AvgIpc) is 3.23. The van der Waals surface area contributed by atoms with E-state index in [0.717, 1.165) is 30.3 Å². The van der Waals surface area contributed by atoms with Crippen molar-refractivity contribution < 1.29 is 9.21 Å². The van der Waals surface area contributed by atoms with Crippen molar-refractivity contribution >= 4 is 39.9 Å². The minimum Gasteiger partial charge on any atom is -0.424 e. The number of nitrogen functional groups attached to an aromatic ring is 1. The summed E-state index contributed by atoms with van der Waals surface area (Å²) in [6, 6.07) is 6.61. The molecule has 0 unspecified atom stereocenters. The molecule has 0 spiro atoms. The lowest BCUT2D eigenvalue weighted by atomic mass is 10.2. The van der Waals surface area contributed by atoms with Gasteiger partial charge in [-0.05, 0) is 49.5 Å². The predicted octanol–water partition coefficient (Wildman–Crippen LogP) is 2.48. The first-order valence-corrected chi connectivity index (χ1v) is 11.2. The van der Waals surface area contributed by atoms with Crippen LogP contribution >= 0.6 is 0 Å². The van der Waals surface area contributed by atoms with Gasteiger partial charge in [0.15, 0.2) is 11.2 Å². The summed E-state index contributed by atoms with van der Waals surface area (Å²) in [5.41, 5.74) is 9.51. The zero-order chi connectivity index (χ0) is 23.2. The number of amides is 1. The van der Waals surface area contributed by atoms with Crippen molar-refractivity contribution in [2.24, 2.45) is 0 Å². The minimum atomic E-state index is -0.0909. The van der Waals surface area contributed by atoms with Crippen molar-refractivity contribution in [3.05, 3.63) is 48.4 Å². The maximum atomic E-state index is 12.0. The number of aromatic nitrogens is 5. The van der Waals surface area contributed by atoms with Crippen LogP contribution in [0.1, 0.15) is 36.6 Å². The molecule has 10 heteroatoms. The Labute approximate surface area is 194 Å². The molecular formula is C24H22N8O2. The standard InChI is InChI=1S/C24H22N8O2/c1-2-20(33)31-10-9-16(12-31)32-23-21(22(25)26-13-27-23)17(30-32)7-3-14-4-8-19-18(11-14)29-24(34-19)28-15-5-6-15/h2,4,8,11,13,15-16H,1,5-6,9-10,12H2,(H,28,29)(H2,25,26,27)/t16-/m0/s1. The minimum absolute atomic E-state index is 0.0277. The maximum absolute atomic E-state index is 12.0. The van der Waals surface area contributed by atoms with Crippen LogP contribution in [0, 0.1) is 11.8 Å². The first kappa shape index (κ1) is 20.2. The van der Waals surface area contributed by atoms with Gasteiger partial charge >= 0.3 is 0 Å². The lowest BCUT2D eigenvalue weighted by Crippen LogP contribution is -2.27. The summed E-state index contributed by atoms with van der Waals surface area (Å²) in [5, 5.41) is 8.61. The highest BCUT2D eigenvalue weighted by atomic mass is 16.4. The molecule has 1 atom stereocenters. The second-order valence-electron chi connectivity index (χ2n) is 8.55. The zero-order valence-electron chi connectivity index (χ0n) is 18.4. The Balaban J connectivity index is 1.34. The molecule has 0 radical (unpaired) electrons. The summed E-state index contributed by atoms with van der Waals surface area (Å²) in [7, 11) is 0.